The highest BCUT2D eigenvalue weighted by molar-refractivity contribution is 5.79. The third kappa shape index (κ3) is 3.84. The van der Waals surface area contributed by atoms with Gasteiger partial charge in [-0.3, -0.25) is 4.79 Å². The van der Waals surface area contributed by atoms with E-state index >= 15 is 0 Å². The number of piperidine rings is 1. The summed E-state index contributed by atoms with van der Waals surface area (Å²) in [5.74, 6) is 0.686. The van der Waals surface area contributed by atoms with Gasteiger partial charge < -0.3 is 14.1 Å². The molecule has 7 nitrogen and oxygen atoms in total. The number of nitrogens with zero attached hydrogens (tertiary/aromatic N) is 2. The second kappa shape index (κ2) is 7.33. The number of carbonyl (C=O) groups is 1. The first-order valence-electron chi connectivity index (χ1n) is 8.20. The lowest BCUT2D eigenvalue weighted by Gasteiger charge is -2.31. The molecule has 1 N–H and O–H groups in total. The van der Waals surface area contributed by atoms with Crippen LogP contribution >= 0.6 is 0 Å². The Morgan fingerprint density at radius 1 is 1.42 bits per heavy atom. The fourth-order valence-corrected chi connectivity index (χ4v) is 2.98. The maximum Gasteiger partial charge on any atom is 0.434 e. The molecule has 0 radical (unpaired) electrons. The van der Waals surface area contributed by atoms with Crippen LogP contribution in [-0.2, 0) is 11.2 Å². The van der Waals surface area contributed by atoms with Gasteiger partial charge in [0.15, 0.2) is 0 Å². The van der Waals surface area contributed by atoms with Crippen LogP contribution in [0.4, 0.5) is 0 Å². The normalized spacial score (nSPS) is 17.7. The number of hydrogen-bond acceptors (Lipinski definition) is 5. The molecule has 1 atom stereocenters. The monoisotopic (exact) mass is 331 g/mol. The molecule has 24 heavy (non-hydrogen) atoms. The number of carbonyl (C=O) groups excluding carboxylic acids is 1. The Morgan fingerprint density at radius 3 is 2.88 bits per heavy atom. The van der Waals surface area contributed by atoms with Crippen molar-refractivity contribution < 1.29 is 13.9 Å². The van der Waals surface area contributed by atoms with E-state index in [-0.39, 0.29) is 11.8 Å². The lowest BCUT2D eigenvalue weighted by molar-refractivity contribution is -0.131. The average molecular weight is 331 g/mol. The number of rotatable bonds is 5. The minimum absolute atomic E-state index is 0.0259. The molecule has 1 fully saturated rings. The molecular formula is C17H21N3O4. The fraction of sp³-hybridized carbons (Fsp3) is 0.471. The molecule has 7 heteroatoms. The lowest BCUT2D eigenvalue weighted by Crippen LogP contribution is -2.40. The van der Waals surface area contributed by atoms with Crippen LogP contribution in [0.15, 0.2) is 33.5 Å². The maximum absolute atomic E-state index is 12.5. The Morgan fingerprint density at radius 2 is 2.21 bits per heavy atom. The van der Waals surface area contributed by atoms with Crippen LogP contribution in [-0.4, -0.2) is 40.7 Å². The molecule has 1 aliphatic heterocycles. The number of aromatic amines is 1. The molecule has 3 rings (SSSR count). The number of ether oxygens (including phenoxy) is 1. The van der Waals surface area contributed by atoms with E-state index in [0.29, 0.717) is 25.5 Å². The first kappa shape index (κ1) is 16.3. The van der Waals surface area contributed by atoms with Crippen LogP contribution < -0.4 is 10.5 Å². The molecule has 128 valence electrons. The van der Waals surface area contributed by atoms with Crippen molar-refractivity contribution in [2.45, 2.75) is 32.1 Å². The van der Waals surface area contributed by atoms with Gasteiger partial charge in [-0.25, -0.2) is 9.89 Å². The van der Waals surface area contributed by atoms with Gasteiger partial charge in [-0.2, -0.15) is 0 Å². The Kier molecular flexibility index (Phi) is 4.98. The van der Waals surface area contributed by atoms with Crippen LogP contribution in [0.25, 0.3) is 0 Å². The van der Waals surface area contributed by atoms with Crippen molar-refractivity contribution in [3.63, 3.8) is 0 Å². The van der Waals surface area contributed by atoms with Crippen molar-refractivity contribution in [3.05, 3.63) is 46.3 Å². The molecule has 2 aromatic rings. The number of amides is 1. The van der Waals surface area contributed by atoms with Crippen molar-refractivity contribution in [2.75, 3.05) is 19.7 Å². The van der Waals surface area contributed by atoms with Crippen molar-refractivity contribution in [2.24, 2.45) is 0 Å². The van der Waals surface area contributed by atoms with E-state index in [1.54, 1.807) is 0 Å². The Labute approximate surface area is 139 Å². The number of benzene rings is 1. The van der Waals surface area contributed by atoms with E-state index in [4.69, 9.17) is 9.15 Å². The van der Waals surface area contributed by atoms with Crippen LogP contribution in [0.2, 0.25) is 0 Å². The Hall–Kier alpha value is -2.57. The van der Waals surface area contributed by atoms with Crippen molar-refractivity contribution >= 4 is 5.91 Å². The quantitative estimate of drug-likeness (QED) is 0.901. The van der Waals surface area contributed by atoms with Gasteiger partial charge in [-0.1, -0.05) is 12.1 Å². The van der Waals surface area contributed by atoms with Gasteiger partial charge in [-0.05, 0) is 37.5 Å². The summed E-state index contributed by atoms with van der Waals surface area (Å²) in [5.41, 5.74) is 0.955. The van der Waals surface area contributed by atoms with E-state index in [9.17, 15) is 9.59 Å². The number of hydrogen-bond donors (Lipinski definition) is 1. The zero-order valence-electron chi connectivity index (χ0n) is 13.7. The molecule has 2 heterocycles. The highest BCUT2D eigenvalue weighted by atomic mass is 16.5. The summed E-state index contributed by atoms with van der Waals surface area (Å²) in [6, 6.07) is 7.58. The van der Waals surface area contributed by atoms with E-state index in [1.807, 2.05) is 36.1 Å². The molecule has 1 aromatic carbocycles. The number of H-pyrrole nitrogens is 1. The summed E-state index contributed by atoms with van der Waals surface area (Å²) in [4.78, 5) is 25.4. The highest BCUT2D eigenvalue weighted by Gasteiger charge is 2.27. The molecule has 0 unspecified atom stereocenters. The minimum atomic E-state index is -0.553. The summed E-state index contributed by atoms with van der Waals surface area (Å²) < 4.78 is 10.4. The maximum atomic E-state index is 12.5. The van der Waals surface area contributed by atoms with Gasteiger partial charge in [-0.15, -0.1) is 5.10 Å². The Bertz CT molecular complexity index is 735. The molecule has 0 aliphatic carbocycles. The molecule has 1 aromatic heterocycles. The summed E-state index contributed by atoms with van der Waals surface area (Å²) in [6.45, 7) is 3.81. The summed E-state index contributed by atoms with van der Waals surface area (Å²) in [6.07, 6.45) is 2.08. The zero-order valence-corrected chi connectivity index (χ0v) is 13.7. The summed E-state index contributed by atoms with van der Waals surface area (Å²) >= 11 is 0. The van der Waals surface area contributed by atoms with Gasteiger partial charge >= 0.3 is 5.76 Å². The van der Waals surface area contributed by atoms with Crippen LogP contribution in [0.3, 0.4) is 0 Å². The van der Waals surface area contributed by atoms with E-state index in [0.717, 1.165) is 30.7 Å². The second-order valence-electron chi connectivity index (χ2n) is 5.88. The minimum Gasteiger partial charge on any atom is -0.494 e. The van der Waals surface area contributed by atoms with E-state index in [2.05, 4.69) is 10.2 Å². The van der Waals surface area contributed by atoms with Gasteiger partial charge in [0.25, 0.3) is 0 Å². The Balaban J connectivity index is 1.60. The predicted molar refractivity (Wildman–Crippen MR) is 87.0 cm³/mol. The van der Waals surface area contributed by atoms with Crippen molar-refractivity contribution in [1.82, 2.24) is 15.1 Å². The first-order valence-corrected chi connectivity index (χ1v) is 8.20. The van der Waals surface area contributed by atoms with E-state index < -0.39 is 5.76 Å². The molecule has 0 bridgehead atoms. The molecule has 1 aliphatic rings. The van der Waals surface area contributed by atoms with Gasteiger partial charge in [0, 0.05) is 13.1 Å². The average Bonchev–Trinajstić information content (AvgIpc) is 3.03. The molecule has 0 spiro atoms. The van der Waals surface area contributed by atoms with Crippen molar-refractivity contribution in [3.8, 4) is 5.75 Å². The van der Waals surface area contributed by atoms with E-state index in [1.165, 1.54) is 0 Å². The number of nitrogens with one attached hydrogen (secondary N) is 1. The van der Waals surface area contributed by atoms with Crippen LogP contribution in [0.5, 0.6) is 5.75 Å². The van der Waals surface area contributed by atoms with Gasteiger partial charge in [0.2, 0.25) is 11.8 Å². The van der Waals surface area contributed by atoms with Gasteiger partial charge in [0.05, 0.1) is 18.9 Å². The SMILES string of the molecule is CCOc1ccc(CC(=O)N2CCC[C@@H](c3n[nH]c(=O)o3)C2)cc1. The highest BCUT2D eigenvalue weighted by Crippen LogP contribution is 2.25. The zero-order chi connectivity index (χ0) is 16.9. The third-order valence-electron chi connectivity index (χ3n) is 4.17. The number of aromatic nitrogens is 2. The fourth-order valence-electron chi connectivity index (χ4n) is 2.98. The first-order chi connectivity index (χ1) is 11.7. The molecule has 1 saturated heterocycles. The summed E-state index contributed by atoms with van der Waals surface area (Å²) in [5, 5.41) is 6.17. The predicted octanol–water partition coefficient (Wildman–Crippen LogP) is 1.71. The largest absolute Gasteiger partial charge is 0.494 e. The second-order valence-corrected chi connectivity index (χ2v) is 5.88. The van der Waals surface area contributed by atoms with Crippen LogP contribution in [0.1, 0.15) is 37.1 Å². The third-order valence-corrected chi connectivity index (χ3v) is 4.17. The van der Waals surface area contributed by atoms with Crippen LogP contribution in [0, 0.1) is 0 Å². The lowest BCUT2D eigenvalue weighted by atomic mass is 9.97. The smallest absolute Gasteiger partial charge is 0.434 e. The molecule has 1 amide bonds. The molecule has 0 saturated carbocycles. The topological polar surface area (TPSA) is 88.4 Å². The number of likely N-dealkylation sites (tertiary alicyclic amines) is 1. The standard InChI is InChI=1S/C17H21N3O4/c1-2-23-14-7-5-12(6-8-14)10-15(21)20-9-3-4-13(11-20)16-18-19-17(22)24-16/h5-8,13H,2-4,9-11H2,1H3,(H,19,22)/t13-/m1/s1. The summed E-state index contributed by atoms with van der Waals surface area (Å²) in [7, 11) is 0. The van der Waals surface area contributed by atoms with Gasteiger partial charge in [0.1, 0.15) is 5.75 Å². The molecular weight excluding hydrogens is 310 g/mol. The van der Waals surface area contributed by atoms with Crippen molar-refractivity contribution in [1.29, 1.82) is 0 Å².